The maximum Gasteiger partial charge on any atom is 0.327 e. The molecule has 0 saturated carbocycles. The summed E-state index contributed by atoms with van der Waals surface area (Å²) in [4.78, 5) is 35.7. The van der Waals surface area contributed by atoms with Gasteiger partial charge in [-0.25, -0.2) is 14.5 Å². The minimum atomic E-state index is -0.674. The van der Waals surface area contributed by atoms with E-state index >= 15 is 0 Å². The molecule has 0 radical (unpaired) electrons. The Balaban J connectivity index is 0.000000993. The minimum absolute atomic E-state index is 0.224. The molecule has 1 aromatic heterocycles. The van der Waals surface area contributed by atoms with E-state index in [0.717, 1.165) is 5.56 Å². The lowest BCUT2D eigenvalue weighted by Gasteiger charge is -2.32. The zero-order chi connectivity index (χ0) is 32.3. The number of para-hydroxylation sites is 1. The van der Waals surface area contributed by atoms with Gasteiger partial charge in [-0.15, -0.1) is 0 Å². The Morgan fingerprint density at radius 3 is 2.07 bits per heavy atom. The number of nitrogens with one attached hydrogen (secondary N) is 1. The fourth-order valence-corrected chi connectivity index (χ4v) is 4.21. The van der Waals surface area contributed by atoms with Crippen molar-refractivity contribution in [2.45, 2.75) is 33.7 Å². The number of aryl methyl sites for hydroxylation is 1. The number of anilines is 2. The molecule has 1 heterocycles. The molecule has 0 aliphatic carbocycles. The van der Waals surface area contributed by atoms with Crippen LogP contribution in [0.4, 0.5) is 16.2 Å². The van der Waals surface area contributed by atoms with Crippen molar-refractivity contribution in [2.24, 2.45) is 0 Å². The molecule has 1 atom stereocenters. The van der Waals surface area contributed by atoms with E-state index in [-0.39, 0.29) is 5.56 Å². The number of aromatic nitrogens is 2. The quantitative estimate of drug-likeness (QED) is 0.286. The van der Waals surface area contributed by atoms with Gasteiger partial charge in [0, 0.05) is 25.8 Å². The number of amides is 2. The Labute approximate surface area is 255 Å². The number of rotatable bonds is 7. The van der Waals surface area contributed by atoms with Crippen molar-refractivity contribution in [3.63, 3.8) is 0 Å². The van der Waals surface area contributed by atoms with E-state index in [1.165, 1.54) is 16.7 Å². The summed E-state index contributed by atoms with van der Waals surface area (Å²) in [5, 5.41) is 5.12. The van der Waals surface area contributed by atoms with Gasteiger partial charge >= 0.3 is 6.03 Å². The molecule has 2 amide bonds. The number of fused-ring (bicyclic) bond motifs is 1. The SMILES string of the molecule is CC.CN(C)C.COc1ccc(N(C(=O)Nc2ccc(C)cc2)[C@@H](C)c2nc3ccccc3c(=O)n2N(C)C)c(OC)c1. The summed E-state index contributed by atoms with van der Waals surface area (Å²) < 4.78 is 12.5. The summed E-state index contributed by atoms with van der Waals surface area (Å²) in [7, 11) is 12.6. The summed E-state index contributed by atoms with van der Waals surface area (Å²) in [6, 6.07) is 18.8. The zero-order valence-corrected chi connectivity index (χ0v) is 27.3. The summed E-state index contributed by atoms with van der Waals surface area (Å²) >= 11 is 0. The summed E-state index contributed by atoms with van der Waals surface area (Å²) in [5.74, 6) is 1.41. The van der Waals surface area contributed by atoms with Crippen molar-refractivity contribution in [2.75, 3.05) is 64.7 Å². The van der Waals surface area contributed by atoms with E-state index in [0.29, 0.717) is 39.6 Å². The first-order chi connectivity index (χ1) is 20.5. The molecule has 43 heavy (non-hydrogen) atoms. The van der Waals surface area contributed by atoms with Gasteiger partial charge in [0.05, 0.1) is 36.9 Å². The number of nitrogens with zero attached hydrogens (tertiary/aromatic N) is 5. The molecule has 0 bridgehead atoms. The molecule has 3 aromatic carbocycles. The Morgan fingerprint density at radius 1 is 0.907 bits per heavy atom. The lowest BCUT2D eigenvalue weighted by molar-refractivity contribution is 0.254. The van der Waals surface area contributed by atoms with Crippen LogP contribution in [0.1, 0.15) is 38.2 Å². The third-order valence-corrected chi connectivity index (χ3v) is 6.11. The fourth-order valence-electron chi connectivity index (χ4n) is 4.21. The van der Waals surface area contributed by atoms with Gasteiger partial charge in [-0.3, -0.25) is 9.69 Å². The van der Waals surface area contributed by atoms with Gasteiger partial charge in [0.25, 0.3) is 5.56 Å². The Hall–Kier alpha value is -4.57. The lowest BCUT2D eigenvalue weighted by atomic mass is 10.1. The van der Waals surface area contributed by atoms with E-state index in [4.69, 9.17) is 14.5 Å². The molecule has 1 N–H and O–H groups in total. The Bertz CT molecular complexity index is 1530. The number of carbonyl (C=O) groups excluding carboxylic acids is 1. The second-order valence-corrected chi connectivity index (χ2v) is 10.2. The number of urea groups is 1. The molecule has 10 heteroatoms. The molecular weight excluding hydrogens is 544 g/mol. The van der Waals surface area contributed by atoms with Crippen LogP contribution in [0, 0.1) is 6.92 Å². The van der Waals surface area contributed by atoms with Crippen LogP contribution in [-0.4, -0.2) is 70.0 Å². The molecule has 10 nitrogen and oxygen atoms in total. The molecule has 0 unspecified atom stereocenters. The van der Waals surface area contributed by atoms with Crippen molar-refractivity contribution in [1.82, 2.24) is 14.6 Å². The molecule has 0 aliphatic heterocycles. The van der Waals surface area contributed by atoms with Crippen LogP contribution in [0.5, 0.6) is 11.5 Å². The van der Waals surface area contributed by atoms with E-state index in [9.17, 15) is 9.59 Å². The number of methoxy groups -OCH3 is 2. The maximum atomic E-state index is 13.9. The van der Waals surface area contributed by atoms with Gasteiger partial charge in [0.2, 0.25) is 0 Å². The second-order valence-electron chi connectivity index (χ2n) is 10.2. The standard InChI is InChI=1S/C28H31N5O4.C3H9N.C2H6/c1-18-11-13-20(14-12-18)29-28(35)32(24-16-15-21(36-5)17-25(24)37-6)19(2)26-30-23-10-8-7-9-22(23)27(34)33(26)31(3)4;1-4(2)3;1-2/h7-17,19H,1-6H3,(H,29,35);1-3H3;1-2H3/t19-;;/m0../s1. The van der Waals surface area contributed by atoms with Crippen LogP contribution >= 0.6 is 0 Å². The molecule has 0 spiro atoms. The van der Waals surface area contributed by atoms with Crippen LogP contribution in [0.3, 0.4) is 0 Å². The fraction of sp³-hybridized carbons (Fsp3) is 0.364. The Morgan fingerprint density at radius 2 is 1.51 bits per heavy atom. The van der Waals surface area contributed by atoms with Crippen LogP contribution in [0.15, 0.2) is 71.5 Å². The van der Waals surface area contributed by atoms with Crippen LogP contribution in [0.25, 0.3) is 10.9 Å². The first kappa shape index (κ1) is 34.6. The maximum absolute atomic E-state index is 13.9. The third kappa shape index (κ3) is 8.71. The van der Waals surface area contributed by atoms with E-state index < -0.39 is 12.1 Å². The van der Waals surface area contributed by atoms with Crippen molar-refractivity contribution in [3.05, 3.63) is 88.5 Å². The smallest absolute Gasteiger partial charge is 0.327 e. The highest BCUT2D eigenvalue weighted by Gasteiger charge is 2.31. The highest BCUT2D eigenvalue weighted by molar-refractivity contribution is 6.03. The van der Waals surface area contributed by atoms with Gasteiger partial charge in [0.1, 0.15) is 11.5 Å². The lowest BCUT2D eigenvalue weighted by Crippen LogP contribution is -2.44. The summed E-state index contributed by atoms with van der Waals surface area (Å²) in [6.07, 6.45) is 0. The molecule has 0 saturated heterocycles. The number of benzene rings is 3. The minimum Gasteiger partial charge on any atom is -0.497 e. The Kier molecular flexibility index (Phi) is 13.0. The molecular formula is C33H46N6O4. The number of hydrogen-bond acceptors (Lipinski definition) is 7. The summed E-state index contributed by atoms with van der Waals surface area (Å²) in [5.41, 5.74) is 2.53. The van der Waals surface area contributed by atoms with Crippen LogP contribution in [-0.2, 0) is 0 Å². The first-order valence-electron chi connectivity index (χ1n) is 14.2. The average molecular weight is 591 g/mol. The molecule has 4 rings (SSSR count). The van der Waals surface area contributed by atoms with Gasteiger partial charge in [-0.1, -0.05) is 43.7 Å². The predicted molar refractivity (Wildman–Crippen MR) is 178 cm³/mol. The van der Waals surface area contributed by atoms with Crippen molar-refractivity contribution < 1.29 is 14.3 Å². The zero-order valence-electron chi connectivity index (χ0n) is 27.3. The topological polar surface area (TPSA) is 92.2 Å². The van der Waals surface area contributed by atoms with Crippen molar-refractivity contribution >= 4 is 28.3 Å². The molecule has 232 valence electrons. The average Bonchev–Trinajstić information content (AvgIpc) is 2.99. The van der Waals surface area contributed by atoms with Gasteiger partial charge < -0.3 is 24.7 Å². The number of ether oxygens (including phenoxy) is 2. The van der Waals surface area contributed by atoms with Crippen LogP contribution < -0.4 is 30.3 Å². The number of carbonyl (C=O) groups is 1. The molecule has 0 aliphatic rings. The van der Waals surface area contributed by atoms with E-state index in [1.54, 1.807) is 62.6 Å². The second kappa shape index (κ2) is 16.2. The van der Waals surface area contributed by atoms with E-state index in [1.807, 2.05) is 84.1 Å². The highest BCUT2D eigenvalue weighted by atomic mass is 16.5. The highest BCUT2D eigenvalue weighted by Crippen LogP contribution is 2.37. The van der Waals surface area contributed by atoms with Gasteiger partial charge in [-0.2, -0.15) is 0 Å². The number of hydrogen-bond donors (Lipinski definition) is 1. The van der Waals surface area contributed by atoms with E-state index in [2.05, 4.69) is 5.32 Å². The van der Waals surface area contributed by atoms with Crippen molar-refractivity contribution in [1.29, 1.82) is 0 Å². The van der Waals surface area contributed by atoms with Crippen LogP contribution in [0.2, 0.25) is 0 Å². The predicted octanol–water partition coefficient (Wildman–Crippen LogP) is 5.92. The monoisotopic (exact) mass is 590 g/mol. The first-order valence-corrected chi connectivity index (χ1v) is 14.2. The summed E-state index contributed by atoms with van der Waals surface area (Å²) in [6.45, 7) is 7.81. The molecule has 0 fully saturated rings. The normalized spacial score (nSPS) is 11.0. The third-order valence-electron chi connectivity index (χ3n) is 6.11. The molecule has 4 aromatic rings. The largest absolute Gasteiger partial charge is 0.497 e. The van der Waals surface area contributed by atoms with Crippen molar-refractivity contribution in [3.8, 4) is 11.5 Å². The van der Waals surface area contributed by atoms with Gasteiger partial charge in [0.15, 0.2) is 5.82 Å². The van der Waals surface area contributed by atoms with Gasteiger partial charge in [-0.05, 0) is 71.4 Å².